The van der Waals surface area contributed by atoms with Crippen LogP contribution in [0.1, 0.15) is 25.6 Å². The van der Waals surface area contributed by atoms with Crippen molar-refractivity contribution >= 4 is 73.7 Å². The van der Waals surface area contributed by atoms with Crippen molar-refractivity contribution in [1.82, 2.24) is 5.43 Å². The number of hydrazone groups is 1. The van der Waals surface area contributed by atoms with Crippen LogP contribution in [0.25, 0.3) is 10.1 Å². The van der Waals surface area contributed by atoms with Crippen molar-refractivity contribution in [3.63, 3.8) is 0 Å². The number of carbonyl (C=O) groups is 2. The SMILES string of the molecule is O=C(N/N=C\c1ccc(OC(=O)c2sc3ccccc3c2Cl)cc1)c1ccccc1I. The fourth-order valence-electron chi connectivity index (χ4n) is 2.79. The van der Waals surface area contributed by atoms with E-state index in [2.05, 4.69) is 33.1 Å². The number of carbonyl (C=O) groups excluding carboxylic acids is 2. The number of halogens is 2. The Morgan fingerprint density at radius 2 is 1.71 bits per heavy atom. The van der Waals surface area contributed by atoms with Crippen molar-refractivity contribution in [3.8, 4) is 5.75 Å². The van der Waals surface area contributed by atoms with E-state index in [-0.39, 0.29) is 5.91 Å². The van der Waals surface area contributed by atoms with Crippen molar-refractivity contribution in [1.29, 1.82) is 0 Å². The van der Waals surface area contributed by atoms with Crippen molar-refractivity contribution < 1.29 is 14.3 Å². The average molecular weight is 561 g/mol. The Kier molecular flexibility index (Phi) is 6.64. The van der Waals surface area contributed by atoms with Gasteiger partial charge in [-0.05, 0) is 70.6 Å². The molecule has 0 aliphatic heterocycles. The summed E-state index contributed by atoms with van der Waals surface area (Å²) in [7, 11) is 0. The topological polar surface area (TPSA) is 67.8 Å². The van der Waals surface area contributed by atoms with Crippen LogP contribution in [0.4, 0.5) is 0 Å². The lowest BCUT2D eigenvalue weighted by atomic mass is 10.2. The normalized spacial score (nSPS) is 11.0. The summed E-state index contributed by atoms with van der Waals surface area (Å²) in [5, 5.41) is 5.22. The lowest BCUT2D eigenvalue weighted by Crippen LogP contribution is -2.18. The molecule has 1 amide bonds. The number of amides is 1. The highest BCUT2D eigenvalue weighted by Crippen LogP contribution is 2.35. The van der Waals surface area contributed by atoms with Gasteiger partial charge in [-0.25, -0.2) is 10.2 Å². The highest BCUT2D eigenvalue weighted by Gasteiger charge is 2.18. The van der Waals surface area contributed by atoms with E-state index >= 15 is 0 Å². The minimum atomic E-state index is -0.502. The molecule has 1 heterocycles. The maximum absolute atomic E-state index is 12.5. The zero-order chi connectivity index (χ0) is 21.8. The van der Waals surface area contributed by atoms with E-state index in [4.69, 9.17) is 16.3 Å². The number of fused-ring (bicyclic) bond motifs is 1. The molecule has 31 heavy (non-hydrogen) atoms. The number of esters is 1. The molecule has 0 saturated carbocycles. The highest BCUT2D eigenvalue weighted by atomic mass is 127. The van der Waals surface area contributed by atoms with Gasteiger partial charge in [0.25, 0.3) is 5.91 Å². The highest BCUT2D eigenvalue weighted by molar-refractivity contribution is 14.1. The maximum Gasteiger partial charge on any atom is 0.355 e. The summed E-state index contributed by atoms with van der Waals surface area (Å²) in [6, 6.07) is 21.6. The van der Waals surface area contributed by atoms with Crippen LogP contribution in [0.15, 0.2) is 77.9 Å². The second kappa shape index (κ2) is 9.59. The van der Waals surface area contributed by atoms with Gasteiger partial charge in [-0.15, -0.1) is 11.3 Å². The summed E-state index contributed by atoms with van der Waals surface area (Å²) >= 11 is 9.74. The molecule has 8 heteroatoms. The third-order valence-electron chi connectivity index (χ3n) is 4.31. The molecule has 0 saturated heterocycles. The van der Waals surface area contributed by atoms with Crippen LogP contribution in [0.2, 0.25) is 5.02 Å². The molecule has 0 bridgehead atoms. The van der Waals surface area contributed by atoms with Gasteiger partial charge >= 0.3 is 5.97 Å². The molecule has 3 aromatic carbocycles. The van der Waals surface area contributed by atoms with Gasteiger partial charge in [0.15, 0.2) is 0 Å². The smallest absolute Gasteiger partial charge is 0.355 e. The zero-order valence-corrected chi connectivity index (χ0v) is 19.6. The number of nitrogens with one attached hydrogen (secondary N) is 1. The number of hydrogen-bond donors (Lipinski definition) is 1. The summed E-state index contributed by atoms with van der Waals surface area (Å²) < 4.78 is 7.23. The summed E-state index contributed by atoms with van der Waals surface area (Å²) in [4.78, 5) is 25.1. The Morgan fingerprint density at radius 1 is 1.00 bits per heavy atom. The number of rotatable bonds is 5. The van der Waals surface area contributed by atoms with Crippen molar-refractivity contribution in [2.75, 3.05) is 0 Å². The van der Waals surface area contributed by atoms with Crippen LogP contribution in [0, 0.1) is 3.57 Å². The van der Waals surface area contributed by atoms with Gasteiger partial charge in [0.05, 0.1) is 16.8 Å². The minimum absolute atomic E-state index is 0.285. The lowest BCUT2D eigenvalue weighted by molar-refractivity contribution is 0.0739. The molecular weight excluding hydrogens is 547 g/mol. The first-order valence-corrected chi connectivity index (χ1v) is 11.4. The predicted octanol–water partition coefficient (Wildman–Crippen LogP) is 6.14. The third kappa shape index (κ3) is 4.95. The third-order valence-corrected chi connectivity index (χ3v) is 6.91. The van der Waals surface area contributed by atoms with E-state index in [9.17, 15) is 9.59 Å². The summed E-state index contributed by atoms with van der Waals surface area (Å²) in [6.45, 7) is 0. The molecule has 154 valence electrons. The second-order valence-corrected chi connectivity index (χ2v) is 8.97. The van der Waals surface area contributed by atoms with Gasteiger partial charge in [0.1, 0.15) is 10.6 Å². The number of hydrogen-bond acceptors (Lipinski definition) is 5. The fraction of sp³-hybridized carbons (Fsp3) is 0. The van der Waals surface area contributed by atoms with E-state index in [1.165, 1.54) is 17.6 Å². The molecule has 0 fully saturated rings. The van der Waals surface area contributed by atoms with Crippen molar-refractivity contribution in [3.05, 3.63) is 97.4 Å². The lowest BCUT2D eigenvalue weighted by Gasteiger charge is -2.04. The van der Waals surface area contributed by atoms with Crippen molar-refractivity contribution in [2.45, 2.75) is 0 Å². The average Bonchev–Trinajstić information content (AvgIpc) is 3.12. The number of ether oxygens (including phenoxy) is 1. The molecule has 0 atom stereocenters. The van der Waals surface area contributed by atoms with Crippen LogP contribution in [0.3, 0.4) is 0 Å². The first kappa shape index (κ1) is 21.5. The van der Waals surface area contributed by atoms with Gasteiger partial charge in [0.2, 0.25) is 0 Å². The Bertz CT molecular complexity index is 1300. The molecule has 4 aromatic rings. The number of nitrogens with zero attached hydrogens (tertiary/aromatic N) is 1. The quantitative estimate of drug-likeness (QED) is 0.105. The molecule has 1 aromatic heterocycles. The Balaban J connectivity index is 1.39. The Labute approximate surface area is 200 Å². The Hall–Kier alpha value is -2.75. The summed E-state index contributed by atoms with van der Waals surface area (Å²) in [5.41, 5.74) is 3.80. The number of benzene rings is 3. The van der Waals surface area contributed by atoms with Gasteiger partial charge in [-0.2, -0.15) is 5.10 Å². The van der Waals surface area contributed by atoms with Gasteiger partial charge in [-0.3, -0.25) is 4.79 Å². The van der Waals surface area contributed by atoms with Crippen LogP contribution in [0.5, 0.6) is 5.75 Å². The largest absolute Gasteiger partial charge is 0.422 e. The van der Waals surface area contributed by atoms with Gasteiger partial charge < -0.3 is 4.74 Å². The van der Waals surface area contributed by atoms with E-state index in [1.54, 1.807) is 36.4 Å². The van der Waals surface area contributed by atoms with Crippen LogP contribution in [-0.2, 0) is 0 Å². The van der Waals surface area contributed by atoms with E-state index in [0.717, 1.165) is 19.2 Å². The van der Waals surface area contributed by atoms with E-state index in [0.29, 0.717) is 21.2 Å². The molecule has 0 unspecified atom stereocenters. The molecule has 0 aliphatic rings. The molecule has 4 rings (SSSR count). The van der Waals surface area contributed by atoms with Crippen LogP contribution in [-0.4, -0.2) is 18.1 Å². The molecule has 5 nitrogen and oxygen atoms in total. The maximum atomic E-state index is 12.5. The molecule has 0 radical (unpaired) electrons. The standard InChI is InChI=1S/C23H14ClIN2O3S/c24-20-17-6-2-4-8-19(17)31-21(20)23(29)30-15-11-9-14(10-12-15)13-26-27-22(28)16-5-1-3-7-18(16)25/h1-13H,(H,27,28)/b26-13-. The van der Waals surface area contributed by atoms with E-state index in [1.807, 2.05) is 36.4 Å². The van der Waals surface area contributed by atoms with E-state index < -0.39 is 5.97 Å². The molecule has 1 N–H and O–H groups in total. The molecular formula is C23H14ClIN2O3S. The monoisotopic (exact) mass is 560 g/mol. The fourth-order valence-corrected chi connectivity index (χ4v) is 4.81. The minimum Gasteiger partial charge on any atom is -0.422 e. The van der Waals surface area contributed by atoms with Crippen molar-refractivity contribution in [2.24, 2.45) is 5.10 Å². The molecule has 0 aliphatic carbocycles. The number of thiophene rings is 1. The predicted molar refractivity (Wildman–Crippen MR) is 132 cm³/mol. The molecule has 0 spiro atoms. The van der Waals surface area contributed by atoms with Crippen LogP contribution < -0.4 is 10.2 Å². The van der Waals surface area contributed by atoms with Crippen LogP contribution >= 0.6 is 45.5 Å². The Morgan fingerprint density at radius 3 is 2.45 bits per heavy atom. The first-order valence-electron chi connectivity index (χ1n) is 9.10. The second-order valence-electron chi connectivity index (χ2n) is 6.38. The summed E-state index contributed by atoms with van der Waals surface area (Å²) in [5.74, 6) is -0.400. The zero-order valence-electron chi connectivity index (χ0n) is 15.8. The van der Waals surface area contributed by atoms with Gasteiger partial charge in [0, 0.05) is 13.7 Å². The summed E-state index contributed by atoms with van der Waals surface area (Å²) in [6.07, 6.45) is 1.52. The van der Waals surface area contributed by atoms with Gasteiger partial charge in [-0.1, -0.05) is 41.9 Å². The first-order chi connectivity index (χ1) is 15.0.